The van der Waals surface area contributed by atoms with Gasteiger partial charge < -0.3 is 10.0 Å². The Balaban J connectivity index is 1.97. The Bertz CT molecular complexity index is 626. The van der Waals surface area contributed by atoms with Gasteiger partial charge in [-0.25, -0.2) is 14.2 Å². The van der Waals surface area contributed by atoms with Crippen molar-refractivity contribution in [1.29, 1.82) is 0 Å². The molecule has 0 aromatic carbocycles. The van der Waals surface area contributed by atoms with Gasteiger partial charge in [-0.05, 0) is 30.4 Å². The van der Waals surface area contributed by atoms with Crippen LogP contribution in [0.5, 0.6) is 0 Å². The van der Waals surface area contributed by atoms with Crippen molar-refractivity contribution in [2.24, 2.45) is 0 Å². The predicted molar refractivity (Wildman–Crippen MR) is 74.7 cm³/mol. The standard InChI is InChI=1S/C14H13FN2O2S/c15-9-6-12(14(18)19)13(16-7-9)17(10-3-4-10)8-11-2-1-5-20-11/h1-2,5-7,10H,3-4,8H2,(H,18,19). The van der Waals surface area contributed by atoms with E-state index in [0.717, 1.165) is 30.0 Å². The molecule has 0 spiro atoms. The SMILES string of the molecule is O=C(O)c1cc(F)cnc1N(Cc1cccs1)C1CC1. The molecular weight excluding hydrogens is 279 g/mol. The largest absolute Gasteiger partial charge is 0.478 e. The Kier molecular flexibility index (Phi) is 3.40. The Hall–Kier alpha value is -1.95. The lowest BCUT2D eigenvalue weighted by Gasteiger charge is -2.24. The first-order valence-corrected chi connectivity index (χ1v) is 7.21. The van der Waals surface area contributed by atoms with Crippen LogP contribution in [0.2, 0.25) is 0 Å². The molecule has 4 nitrogen and oxygen atoms in total. The minimum atomic E-state index is -1.15. The van der Waals surface area contributed by atoms with Crippen molar-refractivity contribution < 1.29 is 14.3 Å². The number of hydrogen-bond acceptors (Lipinski definition) is 4. The number of thiophene rings is 1. The quantitative estimate of drug-likeness (QED) is 0.919. The minimum absolute atomic E-state index is 0.0755. The summed E-state index contributed by atoms with van der Waals surface area (Å²) in [6, 6.07) is 5.30. The number of pyridine rings is 1. The molecule has 0 saturated heterocycles. The molecule has 6 heteroatoms. The van der Waals surface area contributed by atoms with E-state index < -0.39 is 11.8 Å². The van der Waals surface area contributed by atoms with Crippen molar-refractivity contribution >= 4 is 23.1 Å². The molecule has 0 bridgehead atoms. The number of halogens is 1. The fourth-order valence-corrected chi connectivity index (χ4v) is 2.85. The molecule has 20 heavy (non-hydrogen) atoms. The van der Waals surface area contributed by atoms with Gasteiger partial charge in [-0.15, -0.1) is 11.3 Å². The number of hydrogen-bond donors (Lipinski definition) is 1. The molecule has 0 unspecified atom stereocenters. The van der Waals surface area contributed by atoms with Gasteiger partial charge in [0.1, 0.15) is 17.2 Å². The van der Waals surface area contributed by atoms with Gasteiger partial charge >= 0.3 is 5.97 Å². The lowest BCUT2D eigenvalue weighted by atomic mass is 10.2. The second-order valence-corrected chi connectivity index (χ2v) is 5.80. The number of anilines is 1. The highest BCUT2D eigenvalue weighted by atomic mass is 32.1. The van der Waals surface area contributed by atoms with E-state index in [9.17, 15) is 14.3 Å². The van der Waals surface area contributed by atoms with E-state index in [2.05, 4.69) is 4.98 Å². The maximum atomic E-state index is 13.2. The van der Waals surface area contributed by atoms with Gasteiger partial charge in [-0.2, -0.15) is 0 Å². The summed E-state index contributed by atoms with van der Waals surface area (Å²) < 4.78 is 13.2. The zero-order chi connectivity index (χ0) is 14.1. The zero-order valence-electron chi connectivity index (χ0n) is 10.6. The van der Waals surface area contributed by atoms with E-state index in [4.69, 9.17) is 0 Å². The third-order valence-corrected chi connectivity index (χ3v) is 4.09. The summed E-state index contributed by atoms with van der Waals surface area (Å²) in [5.74, 6) is -1.42. The van der Waals surface area contributed by atoms with Crippen molar-refractivity contribution in [3.8, 4) is 0 Å². The van der Waals surface area contributed by atoms with Crippen molar-refractivity contribution in [2.75, 3.05) is 4.90 Å². The van der Waals surface area contributed by atoms with Gasteiger partial charge in [-0.3, -0.25) is 0 Å². The molecule has 2 aromatic heterocycles. The third-order valence-electron chi connectivity index (χ3n) is 3.23. The van der Waals surface area contributed by atoms with E-state index in [-0.39, 0.29) is 5.56 Å². The normalized spacial score (nSPS) is 14.2. The number of nitrogens with zero attached hydrogens (tertiary/aromatic N) is 2. The van der Waals surface area contributed by atoms with Crippen LogP contribution in [-0.2, 0) is 6.54 Å². The summed E-state index contributed by atoms with van der Waals surface area (Å²) in [6.07, 6.45) is 3.11. The van der Waals surface area contributed by atoms with Crippen LogP contribution >= 0.6 is 11.3 Å². The maximum Gasteiger partial charge on any atom is 0.339 e. The summed E-state index contributed by atoms with van der Waals surface area (Å²) in [5, 5.41) is 11.2. The van der Waals surface area contributed by atoms with Crippen LogP contribution in [0, 0.1) is 5.82 Å². The van der Waals surface area contributed by atoms with Crippen LogP contribution in [0.4, 0.5) is 10.2 Å². The van der Waals surface area contributed by atoms with Gasteiger partial charge in [0, 0.05) is 10.9 Å². The van der Waals surface area contributed by atoms with Crippen LogP contribution in [0.25, 0.3) is 0 Å². The van der Waals surface area contributed by atoms with Crippen LogP contribution in [0.3, 0.4) is 0 Å². The van der Waals surface area contributed by atoms with Gasteiger partial charge in [0.25, 0.3) is 0 Å². The van der Waals surface area contributed by atoms with E-state index in [1.165, 1.54) is 0 Å². The van der Waals surface area contributed by atoms with Crippen molar-refractivity contribution in [3.63, 3.8) is 0 Å². The van der Waals surface area contributed by atoms with Crippen LogP contribution < -0.4 is 4.90 Å². The average molecular weight is 292 g/mol. The molecule has 0 amide bonds. The molecule has 1 fully saturated rings. The molecule has 2 heterocycles. The topological polar surface area (TPSA) is 53.4 Å². The molecule has 104 valence electrons. The number of aromatic nitrogens is 1. The summed E-state index contributed by atoms with van der Waals surface area (Å²) >= 11 is 1.62. The number of rotatable bonds is 5. The van der Waals surface area contributed by atoms with Crippen LogP contribution in [0.1, 0.15) is 28.1 Å². The summed E-state index contributed by atoms with van der Waals surface area (Å²) in [4.78, 5) is 18.4. The van der Waals surface area contributed by atoms with Gasteiger partial charge in [0.15, 0.2) is 0 Å². The minimum Gasteiger partial charge on any atom is -0.478 e. The second-order valence-electron chi connectivity index (χ2n) is 4.77. The summed E-state index contributed by atoms with van der Waals surface area (Å²) in [6.45, 7) is 0.612. The fraction of sp³-hybridized carbons (Fsp3) is 0.286. The third kappa shape index (κ3) is 2.65. The lowest BCUT2D eigenvalue weighted by molar-refractivity contribution is 0.0696. The number of carbonyl (C=O) groups is 1. The zero-order valence-corrected chi connectivity index (χ0v) is 11.4. The highest BCUT2D eigenvalue weighted by Gasteiger charge is 2.32. The van der Waals surface area contributed by atoms with Crippen molar-refractivity contribution in [2.45, 2.75) is 25.4 Å². The van der Waals surface area contributed by atoms with E-state index >= 15 is 0 Å². The van der Waals surface area contributed by atoms with Crippen LogP contribution in [0.15, 0.2) is 29.8 Å². The number of carboxylic acids is 1. The first kappa shape index (κ1) is 13.1. The smallest absolute Gasteiger partial charge is 0.339 e. The van der Waals surface area contributed by atoms with Crippen LogP contribution in [-0.4, -0.2) is 22.1 Å². The van der Waals surface area contributed by atoms with Gasteiger partial charge in [0.2, 0.25) is 0 Å². The Morgan fingerprint density at radius 2 is 2.35 bits per heavy atom. The molecule has 1 N–H and O–H groups in total. The Morgan fingerprint density at radius 3 is 2.95 bits per heavy atom. The predicted octanol–water partition coefficient (Wildman–Crippen LogP) is 3.15. The fourth-order valence-electron chi connectivity index (χ4n) is 2.15. The van der Waals surface area contributed by atoms with E-state index in [1.54, 1.807) is 11.3 Å². The molecule has 1 saturated carbocycles. The Labute approximate surface area is 119 Å². The molecule has 1 aliphatic rings. The molecule has 0 radical (unpaired) electrons. The molecule has 1 aliphatic carbocycles. The monoisotopic (exact) mass is 292 g/mol. The maximum absolute atomic E-state index is 13.2. The number of aromatic carboxylic acids is 1. The summed E-state index contributed by atoms with van der Waals surface area (Å²) in [7, 11) is 0. The lowest BCUT2D eigenvalue weighted by Crippen LogP contribution is -2.27. The second kappa shape index (κ2) is 5.20. The van der Waals surface area contributed by atoms with E-state index in [1.807, 2.05) is 22.4 Å². The average Bonchev–Trinajstić information content (AvgIpc) is 3.13. The van der Waals surface area contributed by atoms with E-state index in [0.29, 0.717) is 18.4 Å². The van der Waals surface area contributed by atoms with Gasteiger partial charge in [-0.1, -0.05) is 6.07 Å². The molecular formula is C14H13FN2O2S. The van der Waals surface area contributed by atoms with Crippen molar-refractivity contribution in [1.82, 2.24) is 4.98 Å². The molecule has 0 atom stereocenters. The first-order chi connectivity index (χ1) is 9.65. The summed E-state index contributed by atoms with van der Waals surface area (Å²) in [5.41, 5.74) is -0.0755. The highest BCUT2D eigenvalue weighted by molar-refractivity contribution is 7.09. The molecule has 0 aliphatic heterocycles. The molecule has 3 rings (SSSR count). The van der Waals surface area contributed by atoms with Crippen molar-refractivity contribution in [3.05, 3.63) is 46.0 Å². The Morgan fingerprint density at radius 1 is 1.55 bits per heavy atom. The number of carboxylic acid groups (broad SMARTS) is 1. The molecule has 2 aromatic rings. The highest BCUT2D eigenvalue weighted by Crippen LogP contribution is 2.34. The van der Waals surface area contributed by atoms with Gasteiger partial charge in [0.05, 0.1) is 12.7 Å². The first-order valence-electron chi connectivity index (χ1n) is 6.33.